The number of halogens is 1. The monoisotopic (exact) mass is 525 g/mol. The van der Waals surface area contributed by atoms with E-state index >= 15 is 0 Å². The van der Waals surface area contributed by atoms with E-state index in [0.29, 0.717) is 5.69 Å². The normalized spacial score (nSPS) is 12.2. The molecule has 9 heteroatoms. The maximum atomic E-state index is 14.5. The van der Waals surface area contributed by atoms with Crippen molar-refractivity contribution in [3.8, 4) is 0 Å². The third kappa shape index (κ3) is 6.54. The fourth-order valence-corrected chi connectivity index (χ4v) is 5.31. The van der Waals surface area contributed by atoms with Crippen molar-refractivity contribution in [2.45, 2.75) is 44.2 Å². The van der Waals surface area contributed by atoms with Gasteiger partial charge in [0.1, 0.15) is 18.4 Å². The number of hydrogen-bond donors (Lipinski definition) is 1. The molecule has 0 radical (unpaired) electrons. The van der Waals surface area contributed by atoms with Crippen LogP contribution in [0.5, 0.6) is 0 Å². The smallest absolute Gasteiger partial charge is 0.264 e. The van der Waals surface area contributed by atoms with Crippen LogP contribution in [0.4, 0.5) is 10.1 Å². The van der Waals surface area contributed by atoms with Crippen molar-refractivity contribution in [2.24, 2.45) is 0 Å². The molecule has 0 aliphatic carbocycles. The van der Waals surface area contributed by atoms with E-state index in [0.717, 1.165) is 9.87 Å². The predicted molar refractivity (Wildman–Crippen MR) is 142 cm³/mol. The van der Waals surface area contributed by atoms with Crippen molar-refractivity contribution < 1.29 is 22.4 Å². The van der Waals surface area contributed by atoms with Crippen LogP contribution in [0.3, 0.4) is 0 Å². The molecular weight excluding hydrogens is 493 g/mol. The zero-order valence-corrected chi connectivity index (χ0v) is 22.2. The molecule has 0 spiro atoms. The number of nitrogens with zero attached hydrogens (tertiary/aromatic N) is 2. The fraction of sp³-hybridized carbons (Fsp3) is 0.286. The van der Waals surface area contributed by atoms with E-state index in [4.69, 9.17) is 0 Å². The van der Waals surface area contributed by atoms with E-state index in [1.165, 1.54) is 49.2 Å². The number of nitrogens with one attached hydrogen (secondary N) is 1. The van der Waals surface area contributed by atoms with Gasteiger partial charge in [-0.2, -0.15) is 0 Å². The molecule has 0 heterocycles. The standard InChI is InChI=1S/C28H32FN3O4S/c1-20(2)22-14-16-24(17-15-22)32(37(35,36)25-11-6-5-7-12-25)19-27(33)31(21(3)28(34)30-4)18-23-10-8-9-13-26(23)29/h5-17,20-21H,18-19H2,1-4H3,(H,30,34)/t21-/m1/s1. The van der Waals surface area contributed by atoms with Gasteiger partial charge in [-0.3, -0.25) is 13.9 Å². The van der Waals surface area contributed by atoms with Gasteiger partial charge < -0.3 is 10.2 Å². The second-order valence-corrected chi connectivity index (χ2v) is 10.8. The van der Waals surface area contributed by atoms with Crippen LogP contribution >= 0.6 is 0 Å². The van der Waals surface area contributed by atoms with Crippen LogP contribution in [0.1, 0.15) is 37.8 Å². The molecule has 7 nitrogen and oxygen atoms in total. The Morgan fingerprint density at radius 2 is 1.49 bits per heavy atom. The van der Waals surface area contributed by atoms with E-state index < -0.39 is 40.2 Å². The second-order valence-electron chi connectivity index (χ2n) is 8.97. The Labute approximate surface area is 218 Å². The largest absolute Gasteiger partial charge is 0.357 e. The molecule has 0 fully saturated rings. The van der Waals surface area contributed by atoms with Crippen molar-refractivity contribution >= 4 is 27.5 Å². The first kappa shape index (κ1) is 27.9. The lowest BCUT2D eigenvalue weighted by Gasteiger charge is -2.32. The summed E-state index contributed by atoms with van der Waals surface area (Å²) in [7, 11) is -2.70. The first-order chi connectivity index (χ1) is 17.6. The molecule has 2 amide bonds. The number of hydrogen-bond acceptors (Lipinski definition) is 4. The summed E-state index contributed by atoms with van der Waals surface area (Å²) in [5.74, 6) is -1.39. The minimum Gasteiger partial charge on any atom is -0.357 e. The van der Waals surface area contributed by atoms with Gasteiger partial charge in [0.15, 0.2) is 0 Å². The molecule has 3 rings (SSSR count). The maximum absolute atomic E-state index is 14.5. The van der Waals surface area contributed by atoms with Gasteiger partial charge in [0.25, 0.3) is 10.0 Å². The number of anilines is 1. The number of benzene rings is 3. The first-order valence-corrected chi connectivity index (χ1v) is 13.4. The Hall–Kier alpha value is -3.72. The highest BCUT2D eigenvalue weighted by Gasteiger charge is 2.32. The zero-order chi connectivity index (χ0) is 27.2. The van der Waals surface area contributed by atoms with Crippen molar-refractivity contribution in [2.75, 3.05) is 17.9 Å². The highest BCUT2D eigenvalue weighted by molar-refractivity contribution is 7.92. The first-order valence-electron chi connectivity index (χ1n) is 12.0. The van der Waals surface area contributed by atoms with Crippen LogP contribution in [-0.2, 0) is 26.2 Å². The molecule has 0 bridgehead atoms. The van der Waals surface area contributed by atoms with E-state index in [1.54, 1.807) is 36.4 Å². The fourth-order valence-electron chi connectivity index (χ4n) is 3.88. The molecule has 0 saturated carbocycles. The highest BCUT2D eigenvalue weighted by atomic mass is 32.2. The van der Waals surface area contributed by atoms with Crippen molar-refractivity contribution in [3.63, 3.8) is 0 Å². The summed E-state index contributed by atoms with van der Waals surface area (Å²) in [5, 5.41) is 2.50. The molecule has 0 unspecified atom stereocenters. The van der Waals surface area contributed by atoms with E-state index in [9.17, 15) is 22.4 Å². The van der Waals surface area contributed by atoms with Gasteiger partial charge in [-0.25, -0.2) is 12.8 Å². The number of rotatable bonds is 10. The van der Waals surface area contributed by atoms with Gasteiger partial charge in [-0.1, -0.05) is 62.4 Å². The third-order valence-electron chi connectivity index (χ3n) is 6.17. The Morgan fingerprint density at radius 3 is 2.05 bits per heavy atom. The summed E-state index contributed by atoms with van der Waals surface area (Å²) in [4.78, 5) is 27.4. The molecule has 0 saturated heterocycles. The lowest BCUT2D eigenvalue weighted by molar-refractivity contribution is -0.139. The minimum absolute atomic E-state index is 0.0238. The summed E-state index contributed by atoms with van der Waals surface area (Å²) in [5.41, 5.74) is 1.53. The Kier molecular flexibility index (Phi) is 9.04. The molecule has 0 aliphatic rings. The quantitative estimate of drug-likeness (QED) is 0.428. The summed E-state index contributed by atoms with van der Waals surface area (Å²) in [6.45, 7) is 4.79. The van der Waals surface area contributed by atoms with Crippen LogP contribution < -0.4 is 9.62 Å². The molecule has 0 aromatic heterocycles. The lowest BCUT2D eigenvalue weighted by Crippen LogP contribution is -2.50. The van der Waals surface area contributed by atoms with E-state index in [-0.39, 0.29) is 22.9 Å². The van der Waals surface area contributed by atoms with Crippen LogP contribution in [-0.4, -0.2) is 44.8 Å². The molecule has 3 aromatic rings. The van der Waals surface area contributed by atoms with Crippen LogP contribution in [0, 0.1) is 5.82 Å². The molecule has 0 aliphatic heterocycles. The topological polar surface area (TPSA) is 86.8 Å². The predicted octanol–water partition coefficient (Wildman–Crippen LogP) is 4.31. The molecule has 1 atom stereocenters. The van der Waals surface area contributed by atoms with E-state index in [1.807, 2.05) is 26.0 Å². The van der Waals surface area contributed by atoms with Crippen LogP contribution in [0.15, 0.2) is 83.8 Å². The van der Waals surface area contributed by atoms with E-state index in [2.05, 4.69) is 5.32 Å². The van der Waals surface area contributed by atoms with Crippen molar-refractivity contribution in [1.82, 2.24) is 10.2 Å². The number of carbonyl (C=O) groups excluding carboxylic acids is 2. The summed E-state index contributed by atoms with van der Waals surface area (Å²) in [6.07, 6.45) is 0. The minimum atomic E-state index is -4.14. The Balaban J connectivity index is 2.04. The van der Waals surface area contributed by atoms with Gasteiger partial charge in [0, 0.05) is 19.2 Å². The van der Waals surface area contributed by atoms with Crippen molar-refractivity contribution in [3.05, 3.63) is 95.8 Å². The molecular formula is C28H32FN3O4S. The number of sulfonamides is 1. The molecule has 3 aromatic carbocycles. The van der Waals surface area contributed by atoms with Gasteiger partial charge >= 0.3 is 0 Å². The maximum Gasteiger partial charge on any atom is 0.264 e. The van der Waals surface area contributed by atoms with Crippen LogP contribution in [0.2, 0.25) is 0 Å². The van der Waals surface area contributed by atoms with Gasteiger partial charge in [0.2, 0.25) is 11.8 Å². The Bertz CT molecular complexity index is 1330. The second kappa shape index (κ2) is 12.0. The lowest BCUT2D eigenvalue weighted by atomic mass is 10.0. The highest BCUT2D eigenvalue weighted by Crippen LogP contribution is 2.26. The van der Waals surface area contributed by atoms with Crippen molar-refractivity contribution in [1.29, 1.82) is 0 Å². The summed E-state index contributed by atoms with van der Waals surface area (Å²) < 4.78 is 42.9. The average Bonchev–Trinajstić information content (AvgIpc) is 2.90. The SMILES string of the molecule is CNC(=O)[C@@H](C)N(Cc1ccccc1F)C(=O)CN(c1ccc(C(C)C)cc1)S(=O)(=O)c1ccccc1. The summed E-state index contributed by atoms with van der Waals surface area (Å²) >= 11 is 0. The van der Waals surface area contributed by atoms with Gasteiger partial charge in [-0.15, -0.1) is 0 Å². The Morgan fingerprint density at radius 1 is 0.892 bits per heavy atom. The molecule has 1 N–H and O–H groups in total. The summed E-state index contributed by atoms with van der Waals surface area (Å²) in [6, 6.07) is 19.8. The number of likely N-dealkylation sites (N-methyl/N-ethyl adjacent to an activating group) is 1. The molecule has 196 valence electrons. The number of amides is 2. The zero-order valence-electron chi connectivity index (χ0n) is 21.4. The van der Waals surface area contributed by atoms with Gasteiger partial charge in [-0.05, 0) is 48.7 Å². The number of carbonyl (C=O) groups is 2. The van der Waals surface area contributed by atoms with Crippen LogP contribution in [0.25, 0.3) is 0 Å². The average molecular weight is 526 g/mol. The van der Waals surface area contributed by atoms with Gasteiger partial charge in [0.05, 0.1) is 10.6 Å². The third-order valence-corrected chi connectivity index (χ3v) is 7.96. The molecule has 37 heavy (non-hydrogen) atoms.